The van der Waals surface area contributed by atoms with Gasteiger partial charge in [-0.05, 0) is 36.4 Å². The summed E-state index contributed by atoms with van der Waals surface area (Å²) in [6, 6.07) is 12.5. The molecule has 0 N–H and O–H groups in total. The Morgan fingerprint density at radius 2 is 1.90 bits per heavy atom. The lowest BCUT2D eigenvalue weighted by molar-refractivity contribution is 0.628. The molecule has 1 aromatic carbocycles. The zero-order chi connectivity index (χ0) is 14.1. The van der Waals surface area contributed by atoms with E-state index >= 15 is 0 Å². The van der Waals surface area contributed by atoms with Gasteiger partial charge in [0.2, 0.25) is 0 Å². The zero-order valence-corrected chi connectivity index (χ0v) is 10.2. The number of aromatic nitrogens is 2. The average Bonchev–Trinajstić information content (AvgIpc) is 2.48. The Morgan fingerprint density at radius 1 is 1.15 bits per heavy atom. The summed E-state index contributed by atoms with van der Waals surface area (Å²) < 4.78 is 14.3. The molecule has 0 amide bonds. The third kappa shape index (κ3) is 1.84. The summed E-state index contributed by atoms with van der Waals surface area (Å²) in [5.41, 5.74) is 0.753. The van der Waals surface area contributed by atoms with Gasteiger partial charge in [-0.3, -0.25) is 9.20 Å². The minimum absolute atomic E-state index is 0.0553. The van der Waals surface area contributed by atoms with E-state index in [1.165, 1.54) is 28.7 Å². The Kier molecular flexibility index (Phi) is 2.77. The van der Waals surface area contributed by atoms with Crippen molar-refractivity contribution < 1.29 is 4.39 Å². The van der Waals surface area contributed by atoms with Gasteiger partial charge in [0.05, 0.1) is 5.69 Å². The van der Waals surface area contributed by atoms with Crippen LogP contribution in [-0.4, -0.2) is 9.38 Å². The SMILES string of the molecule is N#Cc1c(-c2ccc(F)cc2)nc2ccccn2c1=O. The molecule has 2 aromatic heterocycles. The molecule has 3 rings (SSSR count). The average molecular weight is 265 g/mol. The highest BCUT2D eigenvalue weighted by molar-refractivity contribution is 5.68. The molecule has 5 heteroatoms. The van der Waals surface area contributed by atoms with Crippen molar-refractivity contribution >= 4 is 5.65 Å². The second-order valence-corrected chi connectivity index (χ2v) is 4.19. The van der Waals surface area contributed by atoms with Crippen LogP contribution in [0.15, 0.2) is 53.5 Å². The molecule has 0 atom stereocenters. The number of rotatable bonds is 1. The summed E-state index contributed by atoms with van der Waals surface area (Å²) in [5, 5.41) is 9.20. The van der Waals surface area contributed by atoms with Crippen molar-refractivity contribution in [3.05, 3.63) is 70.4 Å². The highest BCUT2D eigenvalue weighted by Gasteiger charge is 2.13. The second-order valence-electron chi connectivity index (χ2n) is 4.19. The van der Waals surface area contributed by atoms with E-state index in [2.05, 4.69) is 4.98 Å². The van der Waals surface area contributed by atoms with Gasteiger partial charge < -0.3 is 0 Å². The van der Waals surface area contributed by atoms with E-state index in [9.17, 15) is 14.4 Å². The van der Waals surface area contributed by atoms with Crippen molar-refractivity contribution in [2.45, 2.75) is 0 Å². The van der Waals surface area contributed by atoms with Crippen molar-refractivity contribution in [3.8, 4) is 17.3 Å². The topological polar surface area (TPSA) is 58.2 Å². The van der Waals surface area contributed by atoms with E-state index in [1.54, 1.807) is 24.4 Å². The van der Waals surface area contributed by atoms with E-state index in [1.807, 2.05) is 6.07 Å². The van der Waals surface area contributed by atoms with Gasteiger partial charge in [0, 0.05) is 11.8 Å². The molecular formula is C15H8FN3O. The van der Waals surface area contributed by atoms with E-state index in [0.717, 1.165) is 0 Å². The summed E-state index contributed by atoms with van der Waals surface area (Å²) >= 11 is 0. The van der Waals surface area contributed by atoms with Gasteiger partial charge in [-0.2, -0.15) is 5.26 Å². The van der Waals surface area contributed by atoms with Crippen LogP contribution in [-0.2, 0) is 0 Å². The molecule has 4 nitrogen and oxygen atoms in total. The van der Waals surface area contributed by atoms with E-state index < -0.39 is 5.56 Å². The molecule has 0 aliphatic rings. The summed E-state index contributed by atoms with van der Waals surface area (Å²) in [5.74, 6) is -0.384. The van der Waals surface area contributed by atoms with Crippen LogP contribution < -0.4 is 5.56 Å². The van der Waals surface area contributed by atoms with Crippen molar-refractivity contribution in [1.29, 1.82) is 5.26 Å². The van der Waals surface area contributed by atoms with Crippen LogP contribution >= 0.6 is 0 Å². The second kappa shape index (κ2) is 4.59. The van der Waals surface area contributed by atoms with E-state index in [4.69, 9.17) is 0 Å². The Morgan fingerprint density at radius 3 is 2.60 bits per heavy atom. The molecule has 0 unspecified atom stereocenters. The van der Waals surface area contributed by atoms with Gasteiger partial charge in [-0.25, -0.2) is 9.37 Å². The van der Waals surface area contributed by atoms with Gasteiger partial charge in [0.15, 0.2) is 0 Å². The normalized spacial score (nSPS) is 10.4. The molecule has 3 aromatic rings. The first kappa shape index (κ1) is 12.1. The van der Waals surface area contributed by atoms with Gasteiger partial charge in [0.25, 0.3) is 5.56 Å². The maximum atomic E-state index is 13.0. The molecule has 96 valence electrons. The van der Waals surface area contributed by atoms with Crippen LogP contribution in [0.4, 0.5) is 4.39 Å². The summed E-state index contributed by atoms with van der Waals surface area (Å²) in [7, 11) is 0. The largest absolute Gasteiger partial charge is 0.276 e. The van der Waals surface area contributed by atoms with Crippen LogP contribution in [0.2, 0.25) is 0 Å². The summed E-state index contributed by atoms with van der Waals surface area (Å²) in [4.78, 5) is 16.6. The fraction of sp³-hybridized carbons (Fsp3) is 0. The number of nitrogens with zero attached hydrogens (tertiary/aromatic N) is 3. The van der Waals surface area contributed by atoms with Gasteiger partial charge >= 0.3 is 0 Å². The van der Waals surface area contributed by atoms with Crippen LogP contribution in [0.5, 0.6) is 0 Å². The standard InChI is InChI=1S/C15H8FN3O/c16-11-6-4-10(5-7-11)14-12(9-17)15(20)19-8-2-1-3-13(19)18-14/h1-8H. The molecule has 0 saturated carbocycles. The number of fused-ring (bicyclic) bond motifs is 1. The number of hydrogen-bond acceptors (Lipinski definition) is 3. The van der Waals surface area contributed by atoms with E-state index in [0.29, 0.717) is 11.2 Å². The Balaban J connectivity index is 2.38. The van der Waals surface area contributed by atoms with Crippen molar-refractivity contribution in [2.24, 2.45) is 0 Å². The first-order valence-electron chi connectivity index (χ1n) is 5.88. The summed E-state index contributed by atoms with van der Waals surface area (Å²) in [6.07, 6.45) is 1.56. The molecule has 0 spiro atoms. The maximum absolute atomic E-state index is 13.0. The predicted molar refractivity (Wildman–Crippen MR) is 71.6 cm³/mol. The smallest absolute Gasteiger partial charge is 0.267 e. The lowest BCUT2D eigenvalue weighted by atomic mass is 10.1. The molecular weight excluding hydrogens is 257 g/mol. The van der Waals surface area contributed by atoms with Gasteiger partial charge in [-0.1, -0.05) is 6.07 Å². The van der Waals surface area contributed by atoms with Crippen molar-refractivity contribution in [1.82, 2.24) is 9.38 Å². The highest BCUT2D eigenvalue weighted by atomic mass is 19.1. The fourth-order valence-corrected chi connectivity index (χ4v) is 2.01. The highest BCUT2D eigenvalue weighted by Crippen LogP contribution is 2.20. The van der Waals surface area contributed by atoms with Gasteiger partial charge in [-0.15, -0.1) is 0 Å². The molecule has 0 bridgehead atoms. The third-order valence-electron chi connectivity index (χ3n) is 2.96. The van der Waals surface area contributed by atoms with Crippen molar-refractivity contribution in [3.63, 3.8) is 0 Å². The van der Waals surface area contributed by atoms with Crippen LogP contribution in [0.1, 0.15) is 5.56 Å². The lowest BCUT2D eigenvalue weighted by Crippen LogP contribution is -2.19. The minimum atomic E-state index is -0.433. The Labute approximate surface area is 113 Å². The molecule has 2 heterocycles. The number of halogens is 1. The zero-order valence-electron chi connectivity index (χ0n) is 10.2. The first-order chi connectivity index (χ1) is 9.70. The van der Waals surface area contributed by atoms with Crippen LogP contribution in [0.25, 0.3) is 16.9 Å². The number of nitriles is 1. The monoisotopic (exact) mass is 265 g/mol. The Hall–Kier alpha value is -3.00. The number of benzene rings is 1. The maximum Gasteiger partial charge on any atom is 0.276 e. The third-order valence-corrected chi connectivity index (χ3v) is 2.96. The van der Waals surface area contributed by atoms with E-state index in [-0.39, 0.29) is 17.1 Å². The molecule has 0 radical (unpaired) electrons. The van der Waals surface area contributed by atoms with Crippen LogP contribution in [0, 0.1) is 17.1 Å². The quantitative estimate of drug-likeness (QED) is 0.678. The van der Waals surface area contributed by atoms with Gasteiger partial charge in [0.1, 0.15) is 23.1 Å². The fourth-order valence-electron chi connectivity index (χ4n) is 2.01. The first-order valence-corrected chi connectivity index (χ1v) is 5.88. The van der Waals surface area contributed by atoms with Crippen molar-refractivity contribution in [2.75, 3.05) is 0 Å². The molecule has 0 aliphatic heterocycles. The minimum Gasteiger partial charge on any atom is -0.267 e. The summed E-state index contributed by atoms with van der Waals surface area (Å²) in [6.45, 7) is 0. The molecule has 0 fully saturated rings. The lowest BCUT2D eigenvalue weighted by Gasteiger charge is -2.06. The number of hydrogen-bond donors (Lipinski definition) is 0. The predicted octanol–water partition coefficient (Wildman–Crippen LogP) is 2.37. The molecule has 0 saturated heterocycles. The Bertz CT molecular complexity index is 892. The molecule has 20 heavy (non-hydrogen) atoms. The number of pyridine rings is 1. The molecule has 0 aliphatic carbocycles. The van der Waals surface area contributed by atoms with Crippen LogP contribution in [0.3, 0.4) is 0 Å².